The minimum Gasteiger partial charge on any atom is -0.482 e. The van der Waals surface area contributed by atoms with Crippen molar-refractivity contribution >= 4 is 0 Å². The molecule has 0 aliphatic carbocycles. The first-order valence-electron chi connectivity index (χ1n) is 10.4. The predicted octanol–water partition coefficient (Wildman–Crippen LogP) is 4.18. The van der Waals surface area contributed by atoms with Crippen LogP contribution in [0.5, 0.6) is 11.5 Å². The van der Waals surface area contributed by atoms with E-state index in [0.29, 0.717) is 17.7 Å². The number of nitrogens with one attached hydrogen (secondary N) is 1. The Hall–Kier alpha value is -3.20. The lowest BCUT2D eigenvalue weighted by atomic mass is 9.96. The highest BCUT2D eigenvalue weighted by Gasteiger charge is 2.18. The highest BCUT2D eigenvalue weighted by molar-refractivity contribution is 5.45. The second-order valence-electron chi connectivity index (χ2n) is 7.66. The first-order valence-corrected chi connectivity index (χ1v) is 10.4. The standard InChI is InChI=1S/C23H28FN3O5/c1-6-13(2)22-18(31-12-29-5)8-7-16(25-22)10-17-14(3)9-19(21(24)15(17)4)30-11-20-26-23(28)32-27-20/h7-9,13H,6,10-12H2,1-5H3,(H,26,27,28). The molecule has 3 rings (SSSR count). The summed E-state index contributed by atoms with van der Waals surface area (Å²) in [5.74, 6) is 0.0301. The van der Waals surface area contributed by atoms with Crippen LogP contribution in [-0.4, -0.2) is 29.0 Å². The third-order valence-electron chi connectivity index (χ3n) is 5.38. The van der Waals surface area contributed by atoms with Crippen molar-refractivity contribution in [2.75, 3.05) is 13.9 Å². The summed E-state index contributed by atoms with van der Waals surface area (Å²) in [5, 5.41) is 3.52. The number of pyridine rings is 1. The van der Waals surface area contributed by atoms with E-state index in [2.05, 4.69) is 28.5 Å². The number of hydrogen-bond acceptors (Lipinski definition) is 7. The van der Waals surface area contributed by atoms with E-state index in [1.807, 2.05) is 19.1 Å². The van der Waals surface area contributed by atoms with Crippen molar-refractivity contribution in [1.29, 1.82) is 0 Å². The zero-order valence-corrected chi connectivity index (χ0v) is 19.0. The molecule has 0 spiro atoms. The molecule has 0 amide bonds. The van der Waals surface area contributed by atoms with Gasteiger partial charge in [-0.05, 0) is 55.2 Å². The molecule has 2 heterocycles. The molecule has 1 unspecified atom stereocenters. The molecule has 1 atom stereocenters. The van der Waals surface area contributed by atoms with Crippen molar-refractivity contribution in [1.82, 2.24) is 15.1 Å². The summed E-state index contributed by atoms with van der Waals surface area (Å²) in [6.07, 6.45) is 1.38. The van der Waals surface area contributed by atoms with Crippen LogP contribution in [-0.2, 0) is 17.8 Å². The number of benzene rings is 1. The molecule has 0 aliphatic heterocycles. The zero-order chi connectivity index (χ0) is 23.3. The normalized spacial score (nSPS) is 12.1. The fraction of sp³-hybridized carbons (Fsp3) is 0.435. The van der Waals surface area contributed by atoms with Gasteiger partial charge in [-0.1, -0.05) is 19.0 Å². The molecule has 0 fully saturated rings. The molecule has 9 heteroatoms. The van der Waals surface area contributed by atoms with Crippen LogP contribution in [0.2, 0.25) is 0 Å². The van der Waals surface area contributed by atoms with Crippen LogP contribution in [0.25, 0.3) is 0 Å². The van der Waals surface area contributed by atoms with Crippen LogP contribution in [0.3, 0.4) is 0 Å². The Morgan fingerprint density at radius 3 is 2.66 bits per heavy atom. The number of ether oxygens (including phenoxy) is 3. The minimum absolute atomic E-state index is 0.0872. The van der Waals surface area contributed by atoms with Gasteiger partial charge in [0, 0.05) is 25.1 Å². The summed E-state index contributed by atoms with van der Waals surface area (Å²) in [6.45, 7) is 7.85. The Morgan fingerprint density at radius 2 is 2.00 bits per heavy atom. The molecule has 2 aromatic heterocycles. The van der Waals surface area contributed by atoms with E-state index < -0.39 is 11.6 Å². The lowest BCUT2D eigenvalue weighted by molar-refractivity contribution is 0.0498. The Morgan fingerprint density at radius 1 is 1.22 bits per heavy atom. The molecule has 3 aromatic rings. The SMILES string of the molecule is CCC(C)c1nc(Cc2c(C)cc(OCc3noc(=O)[nH]3)c(F)c2C)ccc1OCOC. The van der Waals surface area contributed by atoms with Gasteiger partial charge in [-0.25, -0.2) is 9.18 Å². The number of methoxy groups -OCH3 is 1. The van der Waals surface area contributed by atoms with Crippen molar-refractivity contribution in [3.63, 3.8) is 0 Å². The molecule has 0 aliphatic rings. The Kier molecular flexibility index (Phi) is 7.63. The highest BCUT2D eigenvalue weighted by atomic mass is 19.1. The van der Waals surface area contributed by atoms with E-state index in [1.165, 1.54) is 0 Å². The van der Waals surface area contributed by atoms with Gasteiger partial charge in [0.2, 0.25) is 0 Å². The number of rotatable bonds is 10. The van der Waals surface area contributed by atoms with Crippen molar-refractivity contribution in [2.45, 2.75) is 53.1 Å². The smallest absolute Gasteiger partial charge is 0.439 e. The first kappa shape index (κ1) is 23.5. The number of hydrogen-bond donors (Lipinski definition) is 1. The third-order valence-corrected chi connectivity index (χ3v) is 5.38. The van der Waals surface area contributed by atoms with Gasteiger partial charge in [-0.3, -0.25) is 14.5 Å². The van der Waals surface area contributed by atoms with Crippen molar-refractivity contribution in [3.8, 4) is 11.5 Å². The van der Waals surface area contributed by atoms with Gasteiger partial charge in [-0.15, -0.1) is 0 Å². The number of halogens is 1. The number of H-pyrrole nitrogens is 1. The number of aryl methyl sites for hydroxylation is 1. The van der Waals surface area contributed by atoms with Gasteiger partial charge in [0.25, 0.3) is 0 Å². The molecule has 0 radical (unpaired) electrons. The van der Waals surface area contributed by atoms with Crippen LogP contribution in [0.4, 0.5) is 4.39 Å². The quantitative estimate of drug-likeness (QED) is 0.467. The van der Waals surface area contributed by atoms with Gasteiger partial charge in [-0.2, -0.15) is 0 Å². The maximum Gasteiger partial charge on any atom is 0.439 e. The van der Waals surface area contributed by atoms with Gasteiger partial charge in [0.05, 0.1) is 5.69 Å². The summed E-state index contributed by atoms with van der Waals surface area (Å²) < 4.78 is 35.6. The maximum absolute atomic E-state index is 15.0. The summed E-state index contributed by atoms with van der Waals surface area (Å²) in [4.78, 5) is 18.2. The van der Waals surface area contributed by atoms with Gasteiger partial charge in [0.1, 0.15) is 12.4 Å². The first-order chi connectivity index (χ1) is 15.3. The Balaban J connectivity index is 1.85. The molecule has 0 bridgehead atoms. The zero-order valence-electron chi connectivity index (χ0n) is 19.0. The largest absolute Gasteiger partial charge is 0.482 e. The lowest BCUT2D eigenvalue weighted by Crippen LogP contribution is -2.09. The van der Waals surface area contributed by atoms with Crippen LogP contribution in [0, 0.1) is 19.7 Å². The van der Waals surface area contributed by atoms with E-state index in [0.717, 1.165) is 28.9 Å². The van der Waals surface area contributed by atoms with E-state index in [9.17, 15) is 4.79 Å². The molecular weight excluding hydrogens is 417 g/mol. The topological polar surface area (TPSA) is 99.5 Å². The van der Waals surface area contributed by atoms with E-state index in [-0.39, 0.29) is 30.9 Å². The van der Waals surface area contributed by atoms with Gasteiger partial charge in [0.15, 0.2) is 24.2 Å². The molecule has 0 saturated heterocycles. The molecule has 8 nitrogen and oxygen atoms in total. The molecule has 1 N–H and O–H groups in total. The third kappa shape index (κ3) is 5.34. The summed E-state index contributed by atoms with van der Waals surface area (Å²) >= 11 is 0. The van der Waals surface area contributed by atoms with Crippen LogP contribution in [0.1, 0.15) is 60.1 Å². The second-order valence-corrected chi connectivity index (χ2v) is 7.66. The highest BCUT2D eigenvalue weighted by Crippen LogP contribution is 2.31. The van der Waals surface area contributed by atoms with Gasteiger partial charge < -0.3 is 14.2 Å². The van der Waals surface area contributed by atoms with Crippen molar-refractivity contribution < 1.29 is 23.1 Å². The lowest BCUT2D eigenvalue weighted by Gasteiger charge is -2.18. The number of aromatic nitrogens is 3. The average Bonchev–Trinajstić information content (AvgIpc) is 3.21. The Bertz CT molecular complexity index is 1130. The van der Waals surface area contributed by atoms with Crippen LogP contribution in [0.15, 0.2) is 27.5 Å². The molecule has 32 heavy (non-hydrogen) atoms. The van der Waals surface area contributed by atoms with Crippen molar-refractivity contribution in [2.24, 2.45) is 0 Å². The second kappa shape index (κ2) is 10.4. The predicted molar refractivity (Wildman–Crippen MR) is 116 cm³/mol. The minimum atomic E-state index is -0.685. The number of aromatic amines is 1. The molecular formula is C23H28FN3O5. The number of nitrogens with zero attached hydrogens (tertiary/aromatic N) is 2. The van der Waals surface area contributed by atoms with Crippen molar-refractivity contribution in [3.05, 3.63) is 68.5 Å². The van der Waals surface area contributed by atoms with E-state index in [4.69, 9.17) is 19.2 Å². The molecule has 1 aromatic carbocycles. The summed E-state index contributed by atoms with van der Waals surface area (Å²) in [7, 11) is 1.57. The molecule has 0 saturated carbocycles. The van der Waals surface area contributed by atoms with Crippen LogP contribution < -0.4 is 15.2 Å². The van der Waals surface area contributed by atoms with E-state index in [1.54, 1.807) is 20.1 Å². The summed E-state index contributed by atoms with van der Waals surface area (Å²) in [5.41, 5.74) is 3.89. The Labute approximate surface area is 185 Å². The average molecular weight is 445 g/mol. The monoisotopic (exact) mass is 445 g/mol. The fourth-order valence-corrected chi connectivity index (χ4v) is 3.38. The van der Waals surface area contributed by atoms with Crippen LogP contribution >= 0.6 is 0 Å². The van der Waals surface area contributed by atoms with E-state index >= 15 is 4.39 Å². The fourth-order valence-electron chi connectivity index (χ4n) is 3.38. The van der Waals surface area contributed by atoms with Gasteiger partial charge >= 0.3 is 5.76 Å². The summed E-state index contributed by atoms with van der Waals surface area (Å²) in [6, 6.07) is 5.42. The maximum atomic E-state index is 15.0. The molecule has 172 valence electrons.